The number of piperidine rings is 1. The molecule has 2 aliphatic rings. The van der Waals surface area contributed by atoms with Crippen molar-refractivity contribution >= 4 is 30.1 Å². The second-order valence-corrected chi connectivity index (χ2v) is 6.70. The molecule has 2 unspecified atom stereocenters. The number of amides is 1. The van der Waals surface area contributed by atoms with Crippen LogP contribution in [0.3, 0.4) is 0 Å². The molecule has 3 nitrogen and oxygen atoms in total. The number of carbonyl (C=O) groups is 1. The Morgan fingerprint density at radius 2 is 1.84 bits per heavy atom. The van der Waals surface area contributed by atoms with Crippen molar-refractivity contribution in [3.8, 4) is 0 Å². The van der Waals surface area contributed by atoms with Crippen molar-refractivity contribution in [3.63, 3.8) is 0 Å². The topological polar surface area (TPSA) is 23.6 Å². The highest BCUT2D eigenvalue weighted by atomic mass is 35.5. The van der Waals surface area contributed by atoms with Gasteiger partial charge in [0.25, 0.3) is 0 Å². The summed E-state index contributed by atoms with van der Waals surface area (Å²) in [5.41, 5.74) is 1.27. The highest BCUT2D eigenvalue weighted by Gasteiger charge is 2.30. The number of halogens is 1. The number of nitrogens with zero attached hydrogens (tertiary/aromatic N) is 2. The molecule has 0 radical (unpaired) electrons. The van der Waals surface area contributed by atoms with E-state index in [0.717, 1.165) is 18.7 Å². The molecule has 0 saturated carbocycles. The second kappa shape index (κ2) is 6.89. The molecule has 1 amide bonds. The molecule has 19 heavy (non-hydrogen) atoms. The predicted octanol–water partition coefficient (Wildman–Crippen LogP) is 3.46. The Hall–Kier alpha value is -0.350. The molecule has 1 fully saturated rings. The predicted molar refractivity (Wildman–Crippen MR) is 84.4 cm³/mol. The van der Waals surface area contributed by atoms with E-state index in [1.54, 1.807) is 0 Å². The maximum Gasteiger partial charge on any atom is 0.242 e. The summed E-state index contributed by atoms with van der Waals surface area (Å²) in [5, 5.41) is 0. The Kier molecular flexibility index (Phi) is 6.06. The molecule has 2 atom stereocenters. The van der Waals surface area contributed by atoms with E-state index in [1.165, 1.54) is 17.0 Å². The minimum absolute atomic E-state index is 0. The van der Waals surface area contributed by atoms with E-state index < -0.39 is 0 Å². The lowest BCUT2D eigenvalue weighted by Gasteiger charge is -2.40. The van der Waals surface area contributed by atoms with Gasteiger partial charge in [-0.3, -0.25) is 4.79 Å². The van der Waals surface area contributed by atoms with E-state index in [4.69, 9.17) is 0 Å². The summed E-state index contributed by atoms with van der Waals surface area (Å²) in [5.74, 6) is 1.23. The number of hydrogen-bond acceptors (Lipinski definition) is 3. The van der Waals surface area contributed by atoms with Gasteiger partial charge in [0.1, 0.15) is 0 Å². The van der Waals surface area contributed by atoms with Gasteiger partial charge in [-0.25, -0.2) is 0 Å². The highest BCUT2D eigenvalue weighted by molar-refractivity contribution is 8.03. The van der Waals surface area contributed by atoms with Crippen molar-refractivity contribution in [1.82, 2.24) is 9.80 Å². The molecular weight excluding hydrogens is 280 g/mol. The normalized spacial score (nSPS) is 27.6. The minimum Gasteiger partial charge on any atom is -0.356 e. The van der Waals surface area contributed by atoms with Crippen LogP contribution >= 0.6 is 24.2 Å². The molecule has 0 bridgehead atoms. The number of likely N-dealkylation sites (tertiary alicyclic amines) is 1. The van der Waals surface area contributed by atoms with Gasteiger partial charge in [-0.2, -0.15) is 0 Å². The third-order valence-corrected chi connectivity index (χ3v) is 5.40. The fourth-order valence-corrected chi connectivity index (χ4v) is 3.89. The Balaban J connectivity index is 0.00000180. The lowest BCUT2D eigenvalue weighted by Crippen LogP contribution is -2.50. The first-order valence-corrected chi connectivity index (χ1v) is 7.85. The average Bonchev–Trinajstić information content (AvgIpc) is 2.61. The zero-order valence-electron chi connectivity index (χ0n) is 12.3. The van der Waals surface area contributed by atoms with Crippen molar-refractivity contribution in [2.75, 3.05) is 12.4 Å². The molecule has 2 heterocycles. The molecular formula is C14H25ClN2OS. The molecule has 0 aliphatic carbocycles. The average molecular weight is 305 g/mol. The molecule has 110 valence electrons. The molecule has 2 aliphatic heterocycles. The van der Waals surface area contributed by atoms with Crippen LogP contribution in [0.15, 0.2) is 10.6 Å². The number of hydrogen-bond donors (Lipinski definition) is 0. The minimum atomic E-state index is 0. The number of carbonyl (C=O) groups excluding carboxylic acids is 1. The van der Waals surface area contributed by atoms with Crippen LogP contribution in [0.2, 0.25) is 0 Å². The van der Waals surface area contributed by atoms with Crippen LogP contribution in [0.25, 0.3) is 0 Å². The monoisotopic (exact) mass is 304 g/mol. The summed E-state index contributed by atoms with van der Waals surface area (Å²) in [7, 11) is 0. The van der Waals surface area contributed by atoms with E-state index in [2.05, 4.69) is 37.5 Å². The fraction of sp³-hybridized carbons (Fsp3) is 0.786. The largest absolute Gasteiger partial charge is 0.356 e. The smallest absolute Gasteiger partial charge is 0.242 e. The van der Waals surface area contributed by atoms with Crippen LogP contribution in [0.1, 0.15) is 47.0 Å². The molecule has 0 spiro atoms. The van der Waals surface area contributed by atoms with Crippen molar-refractivity contribution in [2.24, 2.45) is 0 Å². The zero-order chi connectivity index (χ0) is 13.3. The van der Waals surface area contributed by atoms with Crippen molar-refractivity contribution < 1.29 is 4.79 Å². The maximum absolute atomic E-state index is 12.5. The quantitative estimate of drug-likeness (QED) is 0.780. The van der Waals surface area contributed by atoms with E-state index in [1.807, 2.05) is 11.8 Å². The van der Waals surface area contributed by atoms with Crippen molar-refractivity contribution in [2.45, 2.75) is 59.0 Å². The van der Waals surface area contributed by atoms with Gasteiger partial charge in [-0.05, 0) is 47.0 Å². The Bertz CT molecular complexity index is 362. The van der Waals surface area contributed by atoms with Gasteiger partial charge >= 0.3 is 0 Å². The zero-order valence-corrected chi connectivity index (χ0v) is 13.9. The van der Waals surface area contributed by atoms with Crippen molar-refractivity contribution in [1.29, 1.82) is 0 Å². The first-order valence-electron chi connectivity index (χ1n) is 6.87. The fourth-order valence-electron chi connectivity index (χ4n) is 2.92. The highest BCUT2D eigenvalue weighted by Crippen LogP contribution is 2.31. The number of thioether (sulfide) groups is 1. The maximum atomic E-state index is 12.5. The molecule has 0 aromatic carbocycles. The first kappa shape index (κ1) is 16.7. The van der Waals surface area contributed by atoms with Gasteiger partial charge in [0, 0.05) is 22.7 Å². The summed E-state index contributed by atoms with van der Waals surface area (Å²) in [6, 6.07) is 0.809. The molecule has 2 rings (SSSR count). The summed E-state index contributed by atoms with van der Waals surface area (Å²) >= 11 is 1.84. The van der Waals surface area contributed by atoms with Crippen LogP contribution < -0.4 is 0 Å². The number of allylic oxidation sites excluding steroid dienone is 2. The number of rotatable bonds is 2. The van der Waals surface area contributed by atoms with Crippen molar-refractivity contribution in [3.05, 3.63) is 10.6 Å². The van der Waals surface area contributed by atoms with Crippen LogP contribution in [0.5, 0.6) is 0 Å². The van der Waals surface area contributed by atoms with Gasteiger partial charge in [0.15, 0.2) is 0 Å². The van der Waals surface area contributed by atoms with Crippen LogP contribution in [0.4, 0.5) is 0 Å². The van der Waals surface area contributed by atoms with Gasteiger partial charge in [-0.15, -0.1) is 24.2 Å². The van der Waals surface area contributed by atoms with Gasteiger partial charge in [0.2, 0.25) is 5.91 Å². The summed E-state index contributed by atoms with van der Waals surface area (Å²) in [6.45, 7) is 9.16. The standard InChI is InChI=1S/C14H24N2OS.ClH/c1-10-6-5-7-11(2)16(10)14(17)8-15-9-18-13(4)12(15)3;/h10-11H,5-9H2,1-4H3;1H. The Morgan fingerprint density at radius 3 is 2.32 bits per heavy atom. The molecule has 5 heteroatoms. The van der Waals surface area contributed by atoms with Gasteiger partial charge in [0.05, 0.1) is 12.4 Å². The lowest BCUT2D eigenvalue weighted by atomic mass is 9.97. The summed E-state index contributed by atoms with van der Waals surface area (Å²) in [6.07, 6.45) is 3.56. The van der Waals surface area contributed by atoms with E-state index in [-0.39, 0.29) is 12.4 Å². The molecule has 1 saturated heterocycles. The molecule has 0 N–H and O–H groups in total. The molecule has 0 aromatic rings. The van der Waals surface area contributed by atoms with Crippen LogP contribution in [-0.4, -0.2) is 40.2 Å². The summed E-state index contributed by atoms with van der Waals surface area (Å²) in [4.78, 5) is 18.1. The summed E-state index contributed by atoms with van der Waals surface area (Å²) < 4.78 is 0. The second-order valence-electron chi connectivity index (χ2n) is 5.54. The van der Waals surface area contributed by atoms with E-state index >= 15 is 0 Å². The first-order chi connectivity index (χ1) is 8.50. The van der Waals surface area contributed by atoms with Gasteiger partial charge < -0.3 is 9.80 Å². The van der Waals surface area contributed by atoms with E-state index in [9.17, 15) is 4.79 Å². The Morgan fingerprint density at radius 1 is 1.26 bits per heavy atom. The van der Waals surface area contributed by atoms with Crippen LogP contribution in [0, 0.1) is 0 Å². The van der Waals surface area contributed by atoms with Gasteiger partial charge in [-0.1, -0.05) is 0 Å². The Labute approximate surface area is 127 Å². The SMILES string of the molecule is CC1=C(C)N(CC(=O)N2C(C)CCCC2C)CS1.Cl. The third kappa shape index (κ3) is 3.60. The lowest BCUT2D eigenvalue weighted by molar-refractivity contribution is -0.137. The third-order valence-electron chi connectivity index (χ3n) is 4.23. The molecule has 0 aromatic heterocycles. The van der Waals surface area contributed by atoms with E-state index in [0.29, 0.717) is 24.5 Å². The van der Waals surface area contributed by atoms with Crippen LogP contribution in [-0.2, 0) is 4.79 Å².